The molecule has 2 fully saturated rings. The Kier molecular flexibility index (Phi) is 3.35. The van der Waals surface area contributed by atoms with Crippen LogP contribution in [0, 0.1) is 6.92 Å². The third kappa shape index (κ3) is 2.29. The molecule has 0 spiro atoms. The summed E-state index contributed by atoms with van der Waals surface area (Å²) in [6.07, 6.45) is 9.27. The first kappa shape index (κ1) is 12.1. The van der Waals surface area contributed by atoms with Crippen molar-refractivity contribution in [1.82, 2.24) is 15.2 Å². The quantitative estimate of drug-likeness (QED) is 0.884. The Morgan fingerprint density at radius 1 is 1.33 bits per heavy atom. The minimum atomic E-state index is 0.693. The topological polar surface area (TPSA) is 28.2 Å². The average molecular weight is 245 g/mol. The summed E-state index contributed by atoms with van der Waals surface area (Å²) in [7, 11) is 2.30. The summed E-state index contributed by atoms with van der Waals surface area (Å²) in [5.74, 6) is 0. The van der Waals surface area contributed by atoms with E-state index in [0.717, 1.165) is 18.6 Å². The number of rotatable bonds is 3. The number of hydrogen-bond acceptors (Lipinski definition) is 3. The number of aromatic nitrogens is 1. The van der Waals surface area contributed by atoms with Gasteiger partial charge in [0.15, 0.2) is 0 Å². The van der Waals surface area contributed by atoms with Crippen LogP contribution in [-0.2, 0) is 6.54 Å². The van der Waals surface area contributed by atoms with Crippen LogP contribution in [0.2, 0.25) is 0 Å². The summed E-state index contributed by atoms with van der Waals surface area (Å²) in [5, 5.41) is 3.73. The van der Waals surface area contributed by atoms with Gasteiger partial charge in [-0.25, -0.2) is 0 Å². The summed E-state index contributed by atoms with van der Waals surface area (Å²) >= 11 is 0. The summed E-state index contributed by atoms with van der Waals surface area (Å²) in [6, 6.07) is 4.42. The zero-order chi connectivity index (χ0) is 12.5. The second-order valence-corrected chi connectivity index (χ2v) is 5.90. The number of nitrogens with zero attached hydrogens (tertiary/aromatic N) is 2. The largest absolute Gasteiger partial charge is 0.310 e. The first-order valence-corrected chi connectivity index (χ1v) is 7.09. The Balaban J connectivity index is 1.57. The lowest BCUT2D eigenvalue weighted by atomic mass is 9.97. The summed E-state index contributed by atoms with van der Waals surface area (Å²) in [5.41, 5.74) is 2.68. The van der Waals surface area contributed by atoms with Crippen molar-refractivity contribution < 1.29 is 0 Å². The van der Waals surface area contributed by atoms with E-state index in [4.69, 9.17) is 0 Å². The highest BCUT2D eigenvalue weighted by Gasteiger charge is 2.37. The highest BCUT2D eigenvalue weighted by atomic mass is 15.2. The Morgan fingerprint density at radius 3 is 2.72 bits per heavy atom. The molecular formula is C15H23N3. The molecule has 0 aliphatic carbocycles. The van der Waals surface area contributed by atoms with Crippen LogP contribution in [0.3, 0.4) is 0 Å². The molecule has 0 saturated carbocycles. The van der Waals surface area contributed by atoms with Crippen LogP contribution in [-0.4, -0.2) is 35.1 Å². The van der Waals surface area contributed by atoms with Crippen LogP contribution in [0.1, 0.15) is 36.8 Å². The first-order chi connectivity index (χ1) is 8.74. The summed E-state index contributed by atoms with van der Waals surface area (Å²) in [6.45, 7) is 3.13. The van der Waals surface area contributed by atoms with Gasteiger partial charge in [0.1, 0.15) is 0 Å². The van der Waals surface area contributed by atoms with Gasteiger partial charge < -0.3 is 10.2 Å². The van der Waals surface area contributed by atoms with Gasteiger partial charge in [-0.1, -0.05) is 0 Å². The molecule has 2 saturated heterocycles. The van der Waals surface area contributed by atoms with Crippen LogP contribution >= 0.6 is 0 Å². The summed E-state index contributed by atoms with van der Waals surface area (Å²) < 4.78 is 0. The van der Waals surface area contributed by atoms with E-state index in [2.05, 4.69) is 35.2 Å². The van der Waals surface area contributed by atoms with E-state index in [9.17, 15) is 0 Å². The number of aryl methyl sites for hydroxylation is 1. The molecule has 2 unspecified atom stereocenters. The predicted molar refractivity (Wildman–Crippen MR) is 73.4 cm³/mol. The SMILES string of the molecule is Cc1ccncc1CNC1CC2CCC(C1)N2C. The maximum Gasteiger partial charge on any atom is 0.0315 e. The van der Waals surface area contributed by atoms with Crippen LogP contribution < -0.4 is 5.32 Å². The molecule has 1 aromatic heterocycles. The van der Waals surface area contributed by atoms with Crippen molar-refractivity contribution in [2.45, 2.75) is 57.3 Å². The van der Waals surface area contributed by atoms with E-state index < -0.39 is 0 Å². The van der Waals surface area contributed by atoms with Gasteiger partial charge in [0.2, 0.25) is 0 Å². The van der Waals surface area contributed by atoms with Gasteiger partial charge in [0.05, 0.1) is 0 Å². The Bertz CT molecular complexity index is 404. The molecule has 1 N–H and O–H groups in total. The molecule has 18 heavy (non-hydrogen) atoms. The maximum atomic E-state index is 4.22. The van der Waals surface area contributed by atoms with Crippen LogP contribution in [0.5, 0.6) is 0 Å². The van der Waals surface area contributed by atoms with E-state index in [0.29, 0.717) is 6.04 Å². The fourth-order valence-corrected chi connectivity index (χ4v) is 3.51. The van der Waals surface area contributed by atoms with Crippen LogP contribution in [0.4, 0.5) is 0 Å². The molecule has 2 bridgehead atoms. The van der Waals surface area contributed by atoms with Crippen molar-refractivity contribution in [3.05, 3.63) is 29.6 Å². The fraction of sp³-hybridized carbons (Fsp3) is 0.667. The number of pyridine rings is 1. The minimum Gasteiger partial charge on any atom is -0.310 e. The lowest BCUT2D eigenvalue weighted by Crippen LogP contribution is -2.47. The average Bonchev–Trinajstić information content (AvgIpc) is 2.62. The smallest absolute Gasteiger partial charge is 0.0315 e. The van der Waals surface area contributed by atoms with Gasteiger partial charge in [0, 0.05) is 37.1 Å². The third-order valence-electron chi connectivity index (χ3n) is 4.83. The Hall–Kier alpha value is -0.930. The third-order valence-corrected chi connectivity index (χ3v) is 4.83. The second kappa shape index (κ2) is 4.98. The molecule has 0 aromatic carbocycles. The highest BCUT2D eigenvalue weighted by molar-refractivity contribution is 5.21. The predicted octanol–water partition coefficient (Wildman–Crippen LogP) is 2.10. The first-order valence-electron chi connectivity index (χ1n) is 7.09. The van der Waals surface area contributed by atoms with E-state index in [-0.39, 0.29) is 0 Å². The molecule has 0 radical (unpaired) electrons. The number of fused-ring (bicyclic) bond motifs is 2. The molecule has 2 atom stereocenters. The van der Waals surface area contributed by atoms with Crippen LogP contribution in [0.25, 0.3) is 0 Å². The fourth-order valence-electron chi connectivity index (χ4n) is 3.51. The van der Waals surface area contributed by atoms with Gasteiger partial charge in [-0.3, -0.25) is 4.98 Å². The number of hydrogen-bond donors (Lipinski definition) is 1. The molecule has 3 rings (SSSR count). The molecule has 3 heteroatoms. The molecule has 98 valence electrons. The van der Waals surface area contributed by atoms with Crippen molar-refractivity contribution in [3.8, 4) is 0 Å². The molecule has 3 heterocycles. The molecule has 2 aliphatic rings. The van der Waals surface area contributed by atoms with Gasteiger partial charge in [-0.2, -0.15) is 0 Å². The standard InChI is InChI=1S/C15H23N3/c1-11-5-6-16-9-12(11)10-17-13-7-14-3-4-15(8-13)18(14)2/h5-6,9,13-15,17H,3-4,7-8,10H2,1-2H3. The molecule has 1 aromatic rings. The minimum absolute atomic E-state index is 0.693. The monoisotopic (exact) mass is 245 g/mol. The molecule has 3 nitrogen and oxygen atoms in total. The van der Waals surface area contributed by atoms with Crippen molar-refractivity contribution in [1.29, 1.82) is 0 Å². The molecule has 2 aliphatic heterocycles. The van der Waals surface area contributed by atoms with Crippen molar-refractivity contribution in [2.75, 3.05) is 7.05 Å². The summed E-state index contributed by atoms with van der Waals surface area (Å²) in [4.78, 5) is 6.81. The van der Waals surface area contributed by atoms with E-state index in [1.165, 1.54) is 36.8 Å². The normalized spacial score (nSPS) is 31.8. The molecule has 0 amide bonds. The number of piperidine rings is 1. The number of nitrogens with one attached hydrogen (secondary N) is 1. The van der Waals surface area contributed by atoms with E-state index >= 15 is 0 Å². The van der Waals surface area contributed by atoms with Crippen molar-refractivity contribution in [2.24, 2.45) is 0 Å². The van der Waals surface area contributed by atoms with Crippen molar-refractivity contribution >= 4 is 0 Å². The van der Waals surface area contributed by atoms with Crippen LogP contribution in [0.15, 0.2) is 18.5 Å². The lowest BCUT2D eigenvalue weighted by Gasteiger charge is -2.36. The van der Waals surface area contributed by atoms with Gasteiger partial charge in [-0.15, -0.1) is 0 Å². The molecular weight excluding hydrogens is 222 g/mol. The maximum absolute atomic E-state index is 4.22. The highest BCUT2D eigenvalue weighted by Crippen LogP contribution is 2.34. The zero-order valence-electron chi connectivity index (χ0n) is 11.4. The van der Waals surface area contributed by atoms with Crippen molar-refractivity contribution in [3.63, 3.8) is 0 Å². The van der Waals surface area contributed by atoms with Gasteiger partial charge in [0.25, 0.3) is 0 Å². The lowest BCUT2D eigenvalue weighted by molar-refractivity contribution is 0.148. The van der Waals surface area contributed by atoms with Gasteiger partial charge in [-0.05, 0) is 56.8 Å². The Morgan fingerprint density at radius 2 is 2.06 bits per heavy atom. The van der Waals surface area contributed by atoms with E-state index in [1.807, 2.05) is 12.4 Å². The zero-order valence-corrected chi connectivity index (χ0v) is 11.4. The second-order valence-electron chi connectivity index (χ2n) is 5.90. The van der Waals surface area contributed by atoms with E-state index in [1.54, 1.807) is 0 Å². The van der Waals surface area contributed by atoms with Gasteiger partial charge >= 0.3 is 0 Å². The Labute approximate surface area is 110 Å².